The van der Waals surface area contributed by atoms with Crippen LogP contribution in [0.15, 0.2) is 24.3 Å². The van der Waals surface area contributed by atoms with Crippen molar-refractivity contribution in [2.75, 3.05) is 26.2 Å². The van der Waals surface area contributed by atoms with Crippen LogP contribution in [0.3, 0.4) is 0 Å². The number of carbonyl (C=O) groups excluding carboxylic acids is 1. The molecule has 2 saturated heterocycles. The quantitative estimate of drug-likeness (QED) is 0.860. The average molecular weight is 375 g/mol. The summed E-state index contributed by atoms with van der Waals surface area (Å²) in [6.07, 6.45) is 4.48. The summed E-state index contributed by atoms with van der Waals surface area (Å²) in [6.45, 7) is 1.07. The second kappa shape index (κ2) is 8.81. The maximum Gasteiger partial charge on any atom is 0.387 e. The van der Waals surface area contributed by atoms with Gasteiger partial charge in [0.15, 0.2) is 0 Å². The average Bonchev–Trinajstić information content (AvgIpc) is 3.02. The minimum Gasteiger partial charge on any atom is -0.435 e. The number of nitrogens with one attached hydrogen (secondary N) is 1. The van der Waals surface area contributed by atoms with E-state index in [0.717, 1.165) is 44.6 Å². The zero-order chi connectivity index (χ0) is 17.0. The Kier molecular flexibility index (Phi) is 7.02. The first-order chi connectivity index (χ1) is 11.6. The molecule has 1 amide bonds. The van der Waals surface area contributed by atoms with Crippen LogP contribution in [0.25, 0.3) is 0 Å². The molecule has 2 heterocycles. The van der Waals surface area contributed by atoms with Gasteiger partial charge < -0.3 is 15.0 Å². The molecule has 1 N–H and O–H groups in total. The van der Waals surface area contributed by atoms with Crippen molar-refractivity contribution in [1.82, 2.24) is 10.2 Å². The summed E-state index contributed by atoms with van der Waals surface area (Å²) < 4.78 is 28.6. The van der Waals surface area contributed by atoms with Crippen LogP contribution in [0.1, 0.15) is 31.2 Å². The van der Waals surface area contributed by atoms with Crippen LogP contribution in [-0.2, 0) is 11.2 Å². The Labute approximate surface area is 153 Å². The van der Waals surface area contributed by atoms with Crippen molar-refractivity contribution in [3.8, 4) is 5.75 Å². The Morgan fingerprint density at radius 3 is 2.44 bits per heavy atom. The van der Waals surface area contributed by atoms with E-state index >= 15 is 0 Å². The van der Waals surface area contributed by atoms with Crippen LogP contribution < -0.4 is 10.1 Å². The molecule has 7 heteroatoms. The molecule has 0 unspecified atom stereocenters. The minimum atomic E-state index is -2.81. The number of hydrogen-bond acceptors (Lipinski definition) is 3. The molecule has 0 radical (unpaired) electrons. The fourth-order valence-corrected chi connectivity index (χ4v) is 3.70. The van der Waals surface area contributed by atoms with E-state index < -0.39 is 6.61 Å². The molecule has 2 aliphatic rings. The van der Waals surface area contributed by atoms with Gasteiger partial charge in [-0.15, -0.1) is 12.4 Å². The fourth-order valence-electron chi connectivity index (χ4n) is 3.70. The van der Waals surface area contributed by atoms with Crippen LogP contribution in [0.2, 0.25) is 0 Å². The van der Waals surface area contributed by atoms with Gasteiger partial charge in [-0.3, -0.25) is 4.79 Å². The molecule has 2 fully saturated rings. The third-order valence-corrected chi connectivity index (χ3v) is 5.28. The van der Waals surface area contributed by atoms with Crippen molar-refractivity contribution in [3.05, 3.63) is 29.8 Å². The Hall–Kier alpha value is -1.40. The summed E-state index contributed by atoms with van der Waals surface area (Å²) in [5, 5.41) is 3.43. The molecule has 0 bridgehead atoms. The third kappa shape index (κ3) is 5.28. The first-order valence-corrected chi connectivity index (χ1v) is 8.59. The number of benzene rings is 1. The number of rotatable bonds is 5. The topological polar surface area (TPSA) is 41.6 Å². The number of ether oxygens (including phenoxy) is 1. The fraction of sp³-hybridized carbons (Fsp3) is 0.611. The highest BCUT2D eigenvalue weighted by Gasteiger charge is 2.37. The Morgan fingerprint density at radius 2 is 1.88 bits per heavy atom. The second-order valence-corrected chi connectivity index (χ2v) is 6.83. The van der Waals surface area contributed by atoms with Crippen molar-refractivity contribution < 1.29 is 18.3 Å². The molecule has 0 atom stereocenters. The predicted molar refractivity (Wildman–Crippen MR) is 94.4 cm³/mol. The zero-order valence-corrected chi connectivity index (χ0v) is 15.0. The summed E-state index contributed by atoms with van der Waals surface area (Å²) in [7, 11) is 0. The molecule has 1 aromatic carbocycles. The largest absolute Gasteiger partial charge is 0.435 e. The van der Waals surface area contributed by atoms with E-state index in [1.807, 2.05) is 4.90 Å². The van der Waals surface area contributed by atoms with E-state index in [-0.39, 0.29) is 24.1 Å². The lowest BCUT2D eigenvalue weighted by molar-refractivity contribution is -0.133. The van der Waals surface area contributed by atoms with E-state index in [1.165, 1.54) is 18.6 Å². The Balaban J connectivity index is 0.00000225. The van der Waals surface area contributed by atoms with Crippen LogP contribution >= 0.6 is 12.4 Å². The number of nitrogens with zero attached hydrogens (tertiary/aromatic N) is 1. The molecular formula is C18H25ClF2N2O2. The van der Waals surface area contributed by atoms with Gasteiger partial charge in [0.1, 0.15) is 5.75 Å². The Morgan fingerprint density at radius 1 is 1.20 bits per heavy atom. The summed E-state index contributed by atoms with van der Waals surface area (Å²) in [5.41, 5.74) is 1.37. The van der Waals surface area contributed by atoms with Crippen LogP contribution in [0.5, 0.6) is 5.75 Å². The van der Waals surface area contributed by atoms with E-state index in [4.69, 9.17) is 0 Å². The van der Waals surface area contributed by atoms with Crippen molar-refractivity contribution in [2.45, 2.75) is 38.7 Å². The van der Waals surface area contributed by atoms with Gasteiger partial charge in [0, 0.05) is 26.1 Å². The van der Waals surface area contributed by atoms with Crippen LogP contribution in [-0.4, -0.2) is 43.6 Å². The van der Waals surface area contributed by atoms with Gasteiger partial charge in [-0.05, 0) is 55.3 Å². The van der Waals surface area contributed by atoms with E-state index in [9.17, 15) is 13.6 Å². The van der Waals surface area contributed by atoms with E-state index in [0.29, 0.717) is 18.3 Å². The van der Waals surface area contributed by atoms with Gasteiger partial charge in [-0.25, -0.2) is 0 Å². The lowest BCUT2D eigenvalue weighted by Crippen LogP contribution is -2.44. The van der Waals surface area contributed by atoms with Crippen molar-refractivity contribution in [1.29, 1.82) is 0 Å². The molecule has 25 heavy (non-hydrogen) atoms. The SMILES string of the molecule is Cl.O=C(CCc1ccc(OC(F)F)cc1)N1CCC2(CCNC2)CC1. The Bertz CT molecular complexity index is 553. The minimum absolute atomic E-state index is 0. The first kappa shape index (κ1) is 19.9. The first-order valence-electron chi connectivity index (χ1n) is 8.59. The second-order valence-electron chi connectivity index (χ2n) is 6.83. The lowest BCUT2D eigenvalue weighted by Gasteiger charge is -2.39. The van der Waals surface area contributed by atoms with Crippen LogP contribution in [0, 0.1) is 5.41 Å². The molecule has 0 aliphatic carbocycles. The lowest BCUT2D eigenvalue weighted by atomic mass is 9.78. The van der Waals surface area contributed by atoms with Gasteiger partial charge in [-0.1, -0.05) is 12.1 Å². The zero-order valence-electron chi connectivity index (χ0n) is 14.2. The van der Waals surface area contributed by atoms with Gasteiger partial charge >= 0.3 is 6.61 Å². The number of hydrogen-bond donors (Lipinski definition) is 1. The third-order valence-electron chi connectivity index (χ3n) is 5.28. The van der Waals surface area contributed by atoms with Crippen LogP contribution in [0.4, 0.5) is 8.78 Å². The summed E-state index contributed by atoms with van der Waals surface area (Å²) in [4.78, 5) is 14.3. The predicted octanol–water partition coefficient (Wildman–Crippen LogP) is 3.24. The van der Waals surface area contributed by atoms with Gasteiger partial charge in [-0.2, -0.15) is 8.78 Å². The monoisotopic (exact) mass is 374 g/mol. The highest BCUT2D eigenvalue weighted by molar-refractivity contribution is 5.85. The molecule has 140 valence electrons. The summed E-state index contributed by atoms with van der Waals surface area (Å²) >= 11 is 0. The number of likely N-dealkylation sites (tertiary alicyclic amines) is 1. The van der Waals surface area contributed by atoms with Gasteiger partial charge in [0.25, 0.3) is 0 Å². The highest BCUT2D eigenvalue weighted by atomic mass is 35.5. The number of alkyl halides is 2. The molecule has 4 nitrogen and oxygen atoms in total. The summed E-state index contributed by atoms with van der Waals surface area (Å²) in [5.74, 6) is 0.329. The maximum absolute atomic E-state index is 12.4. The van der Waals surface area contributed by atoms with Gasteiger partial charge in [0.05, 0.1) is 0 Å². The standard InChI is InChI=1S/C18H24F2N2O2.ClH/c19-17(20)24-15-4-1-14(2-5-15)3-6-16(23)22-11-8-18(9-12-22)7-10-21-13-18;/h1-2,4-5,17,21H,3,6-13H2;1H. The molecule has 2 aliphatic heterocycles. The highest BCUT2D eigenvalue weighted by Crippen LogP contribution is 2.37. The molecular weight excluding hydrogens is 350 g/mol. The molecule has 3 rings (SSSR count). The molecule has 0 aromatic heterocycles. The summed E-state index contributed by atoms with van der Waals surface area (Å²) in [6, 6.07) is 6.51. The number of piperidine rings is 1. The number of amides is 1. The molecule has 1 aromatic rings. The maximum atomic E-state index is 12.4. The molecule has 1 spiro atoms. The van der Waals surface area contributed by atoms with Crippen molar-refractivity contribution in [3.63, 3.8) is 0 Å². The van der Waals surface area contributed by atoms with E-state index in [1.54, 1.807) is 12.1 Å². The normalized spacial score (nSPS) is 19.1. The van der Waals surface area contributed by atoms with Crippen molar-refractivity contribution >= 4 is 18.3 Å². The smallest absolute Gasteiger partial charge is 0.387 e. The number of carbonyl (C=O) groups is 1. The van der Waals surface area contributed by atoms with Gasteiger partial charge in [0.2, 0.25) is 5.91 Å². The molecule has 0 saturated carbocycles. The number of aryl methyl sites for hydroxylation is 1. The number of halogens is 3. The van der Waals surface area contributed by atoms with Crippen molar-refractivity contribution in [2.24, 2.45) is 5.41 Å². The van der Waals surface area contributed by atoms with E-state index in [2.05, 4.69) is 10.1 Å².